The number of hydrogen-bond acceptors (Lipinski definition) is 8. The zero-order chi connectivity index (χ0) is 20.7. The van der Waals surface area contributed by atoms with Crippen molar-refractivity contribution in [1.82, 2.24) is 19.5 Å². The number of nitrogens with zero attached hydrogens (tertiary/aromatic N) is 5. The minimum Gasteiger partial charge on any atom is -0.465 e. The lowest BCUT2D eigenvalue weighted by molar-refractivity contribution is -0.384. The smallest absolute Gasteiger partial charge is 0.354 e. The van der Waals surface area contributed by atoms with Crippen molar-refractivity contribution in [3.05, 3.63) is 34.7 Å². The third kappa shape index (κ3) is 5.24. The molecule has 0 aromatic carbocycles. The van der Waals surface area contributed by atoms with Crippen molar-refractivity contribution in [3.63, 3.8) is 0 Å². The Labute approximate surface area is 163 Å². The largest absolute Gasteiger partial charge is 0.465 e. The first kappa shape index (κ1) is 21.3. The Bertz CT molecular complexity index is 828. The topological polar surface area (TPSA) is 125 Å². The van der Waals surface area contributed by atoms with Crippen LogP contribution in [-0.2, 0) is 16.0 Å². The third-order valence-electron chi connectivity index (χ3n) is 3.96. The van der Waals surface area contributed by atoms with E-state index < -0.39 is 10.3 Å². The van der Waals surface area contributed by atoms with E-state index in [1.807, 2.05) is 6.92 Å². The molecule has 0 saturated carbocycles. The Morgan fingerprint density at radius 2 is 2.04 bits per heavy atom. The number of anilines is 1. The Morgan fingerprint density at radius 3 is 2.68 bits per heavy atom. The van der Waals surface area contributed by atoms with Gasteiger partial charge in [0, 0.05) is 25.4 Å². The molecule has 10 heteroatoms. The van der Waals surface area contributed by atoms with Crippen molar-refractivity contribution in [3.8, 4) is 5.82 Å². The van der Waals surface area contributed by atoms with Crippen LogP contribution in [0.5, 0.6) is 0 Å². The first-order valence-corrected chi connectivity index (χ1v) is 9.18. The number of aromatic nitrogens is 4. The molecule has 152 valence electrons. The van der Waals surface area contributed by atoms with E-state index in [1.165, 1.54) is 6.33 Å². The molecule has 10 nitrogen and oxygen atoms in total. The number of unbranched alkanes of at least 4 members (excludes halogenated alkanes) is 1. The molecule has 0 radical (unpaired) electrons. The molecule has 2 rings (SSSR count). The van der Waals surface area contributed by atoms with Crippen LogP contribution in [0.3, 0.4) is 0 Å². The number of imidazole rings is 1. The summed E-state index contributed by atoms with van der Waals surface area (Å²) in [4.78, 5) is 35.1. The second-order valence-corrected chi connectivity index (χ2v) is 7.24. The van der Waals surface area contributed by atoms with Gasteiger partial charge < -0.3 is 10.1 Å². The second-order valence-electron chi connectivity index (χ2n) is 7.24. The van der Waals surface area contributed by atoms with E-state index in [1.54, 1.807) is 37.7 Å². The summed E-state index contributed by atoms with van der Waals surface area (Å²) >= 11 is 0. The SMILES string of the molecule is CCc1nccn1-c1ncnc(NCCCCOC(=O)C(C)(C)C)c1[N+](=O)[O-]. The Hall–Kier alpha value is -3.04. The van der Waals surface area contributed by atoms with Crippen LogP contribution in [0.4, 0.5) is 11.5 Å². The molecule has 0 aliphatic heterocycles. The molecule has 0 atom stereocenters. The molecule has 0 unspecified atom stereocenters. The summed E-state index contributed by atoms with van der Waals surface area (Å²) in [5.74, 6) is 0.755. The molecular weight excluding hydrogens is 364 g/mol. The first-order chi connectivity index (χ1) is 13.3. The lowest BCUT2D eigenvalue weighted by Gasteiger charge is -2.16. The summed E-state index contributed by atoms with van der Waals surface area (Å²) in [6.45, 7) is 8.07. The molecule has 2 aromatic rings. The summed E-state index contributed by atoms with van der Waals surface area (Å²) in [7, 11) is 0. The number of nitrogens with one attached hydrogen (secondary N) is 1. The number of carbonyl (C=O) groups is 1. The molecule has 0 aliphatic rings. The van der Waals surface area contributed by atoms with Crippen LogP contribution in [0.15, 0.2) is 18.7 Å². The van der Waals surface area contributed by atoms with Gasteiger partial charge in [0.1, 0.15) is 12.2 Å². The first-order valence-electron chi connectivity index (χ1n) is 9.18. The average molecular weight is 390 g/mol. The van der Waals surface area contributed by atoms with Gasteiger partial charge in [0.05, 0.1) is 16.9 Å². The van der Waals surface area contributed by atoms with Crippen molar-refractivity contribution in [2.24, 2.45) is 5.41 Å². The van der Waals surface area contributed by atoms with Gasteiger partial charge in [0.25, 0.3) is 0 Å². The molecule has 0 bridgehead atoms. The molecule has 1 N–H and O–H groups in total. The third-order valence-corrected chi connectivity index (χ3v) is 3.96. The van der Waals surface area contributed by atoms with Gasteiger partial charge in [-0.2, -0.15) is 0 Å². The summed E-state index contributed by atoms with van der Waals surface area (Å²) < 4.78 is 6.80. The molecule has 0 fully saturated rings. The number of nitro groups is 1. The molecule has 2 heterocycles. The normalized spacial score (nSPS) is 11.3. The van der Waals surface area contributed by atoms with Gasteiger partial charge in [-0.1, -0.05) is 6.92 Å². The van der Waals surface area contributed by atoms with Crippen LogP contribution in [0.2, 0.25) is 0 Å². The zero-order valence-electron chi connectivity index (χ0n) is 16.6. The van der Waals surface area contributed by atoms with Crippen molar-refractivity contribution < 1.29 is 14.5 Å². The van der Waals surface area contributed by atoms with Crippen molar-refractivity contribution in [1.29, 1.82) is 0 Å². The fourth-order valence-corrected chi connectivity index (χ4v) is 2.45. The molecule has 28 heavy (non-hydrogen) atoms. The van der Waals surface area contributed by atoms with E-state index in [2.05, 4.69) is 20.3 Å². The Balaban J connectivity index is 2.00. The van der Waals surface area contributed by atoms with Gasteiger partial charge >= 0.3 is 11.7 Å². The quantitative estimate of drug-likeness (QED) is 0.300. The van der Waals surface area contributed by atoms with Gasteiger partial charge in [-0.05, 0) is 33.6 Å². The molecule has 0 spiro atoms. The zero-order valence-corrected chi connectivity index (χ0v) is 16.6. The number of aryl methyl sites for hydroxylation is 1. The molecular formula is C18H26N6O4. The predicted octanol–water partition coefficient (Wildman–Crippen LogP) is 2.91. The van der Waals surface area contributed by atoms with E-state index in [4.69, 9.17) is 4.74 Å². The van der Waals surface area contributed by atoms with Crippen molar-refractivity contribution in [2.45, 2.75) is 47.0 Å². The predicted molar refractivity (Wildman–Crippen MR) is 103 cm³/mol. The minimum atomic E-state index is -0.527. The fraction of sp³-hybridized carbons (Fsp3) is 0.556. The average Bonchev–Trinajstić information content (AvgIpc) is 3.11. The lowest BCUT2D eigenvalue weighted by Crippen LogP contribution is -2.23. The van der Waals surface area contributed by atoms with Gasteiger partial charge in [0.15, 0.2) is 0 Å². The van der Waals surface area contributed by atoms with Crippen LogP contribution >= 0.6 is 0 Å². The Morgan fingerprint density at radius 1 is 1.29 bits per heavy atom. The number of rotatable bonds is 9. The van der Waals surface area contributed by atoms with Crippen LogP contribution in [-0.4, -0.2) is 43.6 Å². The highest BCUT2D eigenvalue weighted by atomic mass is 16.6. The molecule has 0 saturated heterocycles. The van der Waals surface area contributed by atoms with Gasteiger partial charge in [-0.15, -0.1) is 0 Å². The van der Waals surface area contributed by atoms with Crippen molar-refractivity contribution in [2.75, 3.05) is 18.5 Å². The van der Waals surface area contributed by atoms with Gasteiger partial charge in [-0.3, -0.25) is 19.5 Å². The number of carbonyl (C=O) groups excluding carboxylic acids is 1. The molecule has 0 aliphatic carbocycles. The van der Waals surface area contributed by atoms with E-state index in [9.17, 15) is 14.9 Å². The molecule has 2 aromatic heterocycles. The standard InChI is InChI=1S/C18H26N6O4/c1-5-13-19-9-10-23(13)16-14(24(26)27)15(21-12-22-16)20-8-6-7-11-28-17(25)18(2,3)4/h9-10,12H,5-8,11H2,1-4H3,(H,20,21,22). The van der Waals surface area contributed by atoms with Crippen LogP contribution < -0.4 is 5.32 Å². The monoisotopic (exact) mass is 390 g/mol. The lowest BCUT2D eigenvalue weighted by atomic mass is 9.97. The maximum Gasteiger partial charge on any atom is 0.354 e. The minimum absolute atomic E-state index is 0.150. The molecule has 0 amide bonds. The summed E-state index contributed by atoms with van der Waals surface area (Å²) in [6.07, 6.45) is 6.43. The van der Waals surface area contributed by atoms with E-state index in [0.29, 0.717) is 38.2 Å². The maximum absolute atomic E-state index is 11.7. The number of hydrogen-bond donors (Lipinski definition) is 1. The maximum atomic E-state index is 11.7. The highest BCUT2D eigenvalue weighted by Crippen LogP contribution is 2.28. The van der Waals surface area contributed by atoms with E-state index in [-0.39, 0.29) is 23.3 Å². The van der Waals surface area contributed by atoms with Gasteiger partial charge in [-0.25, -0.2) is 15.0 Å². The van der Waals surface area contributed by atoms with Crippen molar-refractivity contribution >= 4 is 17.5 Å². The highest BCUT2D eigenvalue weighted by molar-refractivity contribution is 5.75. The summed E-state index contributed by atoms with van der Waals surface area (Å²) in [6, 6.07) is 0. The van der Waals surface area contributed by atoms with Crippen LogP contribution in [0, 0.1) is 15.5 Å². The van der Waals surface area contributed by atoms with Crippen LogP contribution in [0.1, 0.15) is 46.4 Å². The summed E-state index contributed by atoms with van der Waals surface area (Å²) in [5, 5.41) is 14.6. The fourth-order valence-electron chi connectivity index (χ4n) is 2.45. The summed E-state index contributed by atoms with van der Waals surface area (Å²) in [5.41, 5.74) is -0.727. The number of esters is 1. The highest BCUT2D eigenvalue weighted by Gasteiger charge is 2.25. The van der Waals surface area contributed by atoms with Gasteiger partial charge in [0.2, 0.25) is 11.6 Å². The Kier molecular flexibility index (Phi) is 7.02. The number of ether oxygens (including phenoxy) is 1. The second kappa shape index (κ2) is 9.25. The van der Waals surface area contributed by atoms with E-state index >= 15 is 0 Å². The van der Waals surface area contributed by atoms with Crippen LogP contribution in [0.25, 0.3) is 5.82 Å². The van der Waals surface area contributed by atoms with E-state index in [0.717, 1.165) is 0 Å².